The minimum absolute atomic E-state index is 0.126. The van der Waals surface area contributed by atoms with Crippen LogP contribution < -0.4 is 15.8 Å². The maximum atomic E-state index is 13.8. The van der Waals surface area contributed by atoms with E-state index in [-0.39, 0.29) is 28.1 Å². The Hall–Kier alpha value is -2.97. The van der Waals surface area contributed by atoms with Gasteiger partial charge in [-0.3, -0.25) is 9.69 Å². The molecule has 8 heteroatoms. The molecule has 2 heterocycles. The van der Waals surface area contributed by atoms with Gasteiger partial charge >= 0.3 is 0 Å². The lowest BCUT2D eigenvalue weighted by Gasteiger charge is -2.32. The van der Waals surface area contributed by atoms with Crippen LogP contribution >= 0.6 is 11.3 Å². The lowest BCUT2D eigenvalue weighted by Crippen LogP contribution is -2.40. The topological polar surface area (TPSA) is 80.5 Å². The average Bonchev–Trinajstić information content (AvgIpc) is 3.16. The quantitative estimate of drug-likeness (QED) is 0.489. The third-order valence-corrected chi connectivity index (χ3v) is 6.60. The zero-order valence-corrected chi connectivity index (χ0v) is 19.0. The van der Waals surface area contributed by atoms with Crippen LogP contribution in [0, 0.1) is 12.7 Å². The number of anilines is 3. The molecule has 1 aliphatic heterocycles. The SMILES string of the molecule is CCN1CCCC(Oc2ccc(Nc3nc(N)c(C(=O)c4ccc(C)c(F)c4)s3)cc2)C1. The number of nitrogens with one attached hydrogen (secondary N) is 1. The Morgan fingerprint density at radius 1 is 1.31 bits per heavy atom. The second kappa shape index (κ2) is 9.67. The lowest BCUT2D eigenvalue weighted by atomic mass is 10.1. The standard InChI is InChI=1S/C24H27FN4O2S/c1-3-29-12-4-5-19(14-29)31-18-10-8-17(9-11-18)27-24-28-23(26)22(32-24)21(30)16-7-6-15(2)20(25)13-16/h6-11,13,19H,3-5,12,14,26H2,1-2H3,(H,27,28). The summed E-state index contributed by atoms with van der Waals surface area (Å²) in [5.74, 6) is 0.190. The first-order valence-corrected chi connectivity index (χ1v) is 11.6. The number of nitrogens with zero attached hydrogens (tertiary/aromatic N) is 2. The van der Waals surface area contributed by atoms with Gasteiger partial charge in [-0.15, -0.1) is 0 Å². The van der Waals surface area contributed by atoms with Gasteiger partial charge in [-0.05, 0) is 68.8 Å². The van der Waals surface area contributed by atoms with Crippen LogP contribution in [0.5, 0.6) is 5.75 Å². The Kier molecular flexibility index (Phi) is 6.72. The molecule has 6 nitrogen and oxygen atoms in total. The molecule has 1 unspecified atom stereocenters. The molecule has 1 aromatic heterocycles. The Balaban J connectivity index is 1.41. The molecule has 1 fully saturated rings. The fraction of sp³-hybridized carbons (Fsp3) is 0.333. The molecular formula is C24H27FN4O2S. The number of rotatable bonds is 7. The molecule has 2 aromatic carbocycles. The van der Waals surface area contributed by atoms with Crippen LogP contribution in [0.4, 0.5) is 21.0 Å². The smallest absolute Gasteiger partial charge is 0.206 e. The number of likely N-dealkylation sites (tertiary alicyclic amines) is 1. The summed E-state index contributed by atoms with van der Waals surface area (Å²) >= 11 is 1.15. The lowest BCUT2D eigenvalue weighted by molar-refractivity contribution is 0.0920. The van der Waals surface area contributed by atoms with Crippen LogP contribution in [-0.4, -0.2) is 41.4 Å². The molecule has 0 aliphatic carbocycles. The molecule has 0 radical (unpaired) electrons. The predicted molar refractivity (Wildman–Crippen MR) is 127 cm³/mol. The van der Waals surface area contributed by atoms with Crippen LogP contribution in [0.1, 0.15) is 40.6 Å². The summed E-state index contributed by atoms with van der Waals surface area (Å²) < 4.78 is 20.0. The van der Waals surface area contributed by atoms with Crippen LogP contribution in [-0.2, 0) is 0 Å². The Bertz CT molecular complexity index is 1100. The van der Waals surface area contributed by atoms with E-state index in [1.165, 1.54) is 6.07 Å². The third-order valence-electron chi connectivity index (χ3n) is 5.61. The highest BCUT2D eigenvalue weighted by Crippen LogP contribution is 2.31. The number of thiazole rings is 1. The van der Waals surface area contributed by atoms with Gasteiger partial charge in [0.2, 0.25) is 5.78 Å². The summed E-state index contributed by atoms with van der Waals surface area (Å²) in [6.07, 6.45) is 2.43. The first-order valence-electron chi connectivity index (χ1n) is 10.8. The molecule has 0 bridgehead atoms. The minimum atomic E-state index is -0.421. The highest BCUT2D eigenvalue weighted by atomic mass is 32.1. The van der Waals surface area contributed by atoms with E-state index >= 15 is 0 Å². The molecule has 1 aliphatic rings. The molecule has 4 rings (SSSR count). The van der Waals surface area contributed by atoms with Crippen LogP contribution in [0.2, 0.25) is 0 Å². The molecule has 3 N–H and O–H groups in total. The van der Waals surface area contributed by atoms with Crippen molar-refractivity contribution >= 4 is 33.8 Å². The minimum Gasteiger partial charge on any atom is -0.489 e. The fourth-order valence-electron chi connectivity index (χ4n) is 3.74. The summed E-state index contributed by atoms with van der Waals surface area (Å²) in [5.41, 5.74) is 7.52. The number of halogens is 1. The van der Waals surface area contributed by atoms with E-state index in [0.29, 0.717) is 10.7 Å². The summed E-state index contributed by atoms with van der Waals surface area (Å²) in [5, 5.41) is 3.67. The summed E-state index contributed by atoms with van der Waals surface area (Å²) in [7, 11) is 0. The number of ketones is 1. The molecule has 0 saturated carbocycles. The largest absolute Gasteiger partial charge is 0.489 e. The van der Waals surface area contributed by atoms with Crippen molar-refractivity contribution in [2.24, 2.45) is 0 Å². The summed E-state index contributed by atoms with van der Waals surface area (Å²) in [6, 6.07) is 12.1. The van der Waals surface area contributed by atoms with Gasteiger partial charge in [0.25, 0.3) is 0 Å². The van der Waals surface area contributed by atoms with Crippen molar-refractivity contribution in [3.05, 3.63) is 64.3 Å². The van der Waals surface area contributed by atoms with Crippen LogP contribution in [0.15, 0.2) is 42.5 Å². The van der Waals surface area contributed by atoms with E-state index in [1.807, 2.05) is 24.3 Å². The van der Waals surface area contributed by atoms with Crippen molar-refractivity contribution in [3.63, 3.8) is 0 Å². The first-order chi connectivity index (χ1) is 15.4. The number of benzene rings is 2. The number of nitrogen functional groups attached to an aromatic ring is 1. The fourth-order valence-corrected chi connectivity index (χ4v) is 4.61. The average molecular weight is 455 g/mol. The van der Waals surface area contributed by atoms with Gasteiger partial charge in [0.05, 0.1) is 0 Å². The van der Waals surface area contributed by atoms with Gasteiger partial charge in [0.15, 0.2) is 5.13 Å². The van der Waals surface area contributed by atoms with Crippen molar-refractivity contribution in [2.45, 2.75) is 32.8 Å². The number of aryl methyl sites for hydroxylation is 1. The van der Waals surface area contributed by atoms with Crippen LogP contribution in [0.25, 0.3) is 0 Å². The highest BCUT2D eigenvalue weighted by molar-refractivity contribution is 7.18. The number of hydrogen-bond donors (Lipinski definition) is 2. The second-order valence-corrected chi connectivity index (χ2v) is 8.95. The number of hydrogen-bond acceptors (Lipinski definition) is 7. The van der Waals surface area contributed by atoms with Crippen molar-refractivity contribution in [1.82, 2.24) is 9.88 Å². The Labute approximate surface area is 191 Å². The van der Waals surface area contributed by atoms with Crippen molar-refractivity contribution in [3.8, 4) is 5.75 Å². The highest BCUT2D eigenvalue weighted by Gasteiger charge is 2.21. The van der Waals surface area contributed by atoms with Gasteiger partial charge in [-0.1, -0.05) is 30.4 Å². The van der Waals surface area contributed by atoms with Crippen molar-refractivity contribution < 1.29 is 13.9 Å². The van der Waals surface area contributed by atoms with E-state index in [0.717, 1.165) is 55.2 Å². The summed E-state index contributed by atoms with van der Waals surface area (Å²) in [4.78, 5) is 19.7. The Morgan fingerprint density at radius 3 is 2.81 bits per heavy atom. The molecule has 168 valence electrons. The third kappa shape index (κ3) is 5.08. The number of carbonyl (C=O) groups excluding carboxylic acids is 1. The van der Waals surface area contributed by atoms with E-state index < -0.39 is 5.82 Å². The van der Waals surface area contributed by atoms with E-state index in [2.05, 4.69) is 22.1 Å². The maximum absolute atomic E-state index is 13.8. The van der Waals surface area contributed by atoms with Gasteiger partial charge in [-0.2, -0.15) is 0 Å². The second-order valence-electron chi connectivity index (χ2n) is 7.95. The summed E-state index contributed by atoms with van der Waals surface area (Å²) in [6.45, 7) is 6.96. The predicted octanol–water partition coefficient (Wildman–Crippen LogP) is 5.01. The van der Waals surface area contributed by atoms with E-state index in [1.54, 1.807) is 19.1 Å². The number of ether oxygens (including phenoxy) is 1. The monoisotopic (exact) mass is 454 g/mol. The molecule has 0 spiro atoms. The van der Waals surface area contributed by atoms with Gasteiger partial charge < -0.3 is 15.8 Å². The molecule has 3 aromatic rings. The number of nitrogens with two attached hydrogens (primary N) is 1. The van der Waals surface area contributed by atoms with E-state index in [4.69, 9.17) is 10.5 Å². The molecule has 32 heavy (non-hydrogen) atoms. The molecule has 1 saturated heterocycles. The van der Waals surface area contributed by atoms with Crippen LogP contribution in [0.3, 0.4) is 0 Å². The van der Waals surface area contributed by atoms with Crippen molar-refractivity contribution in [2.75, 3.05) is 30.7 Å². The Morgan fingerprint density at radius 2 is 2.09 bits per heavy atom. The van der Waals surface area contributed by atoms with Gasteiger partial charge in [0, 0.05) is 17.8 Å². The number of aromatic nitrogens is 1. The zero-order chi connectivity index (χ0) is 22.7. The molecular weight excluding hydrogens is 427 g/mol. The van der Waals surface area contributed by atoms with Gasteiger partial charge in [0.1, 0.15) is 28.4 Å². The normalized spacial score (nSPS) is 16.7. The van der Waals surface area contributed by atoms with E-state index in [9.17, 15) is 9.18 Å². The number of likely N-dealkylation sites (N-methyl/N-ethyl adjacent to an activating group) is 1. The molecule has 0 amide bonds. The zero-order valence-electron chi connectivity index (χ0n) is 18.2. The number of carbonyl (C=O) groups is 1. The first kappa shape index (κ1) is 22.2. The number of piperidine rings is 1. The molecule has 1 atom stereocenters. The van der Waals surface area contributed by atoms with Crippen molar-refractivity contribution in [1.29, 1.82) is 0 Å². The van der Waals surface area contributed by atoms with Gasteiger partial charge in [-0.25, -0.2) is 9.37 Å². The maximum Gasteiger partial charge on any atom is 0.206 e.